The highest BCUT2D eigenvalue weighted by Crippen LogP contribution is 2.22. The average molecular weight is 316 g/mol. The summed E-state index contributed by atoms with van der Waals surface area (Å²) < 4.78 is 1.16. The van der Waals surface area contributed by atoms with Crippen molar-refractivity contribution in [2.45, 2.75) is 38.3 Å². The average Bonchev–Trinajstić information content (AvgIpc) is 2.90. The van der Waals surface area contributed by atoms with Gasteiger partial charge in [0.1, 0.15) is 0 Å². The van der Waals surface area contributed by atoms with Gasteiger partial charge >= 0.3 is 0 Å². The predicted molar refractivity (Wildman–Crippen MR) is 77.4 cm³/mol. The van der Waals surface area contributed by atoms with Crippen molar-refractivity contribution in [1.29, 1.82) is 0 Å². The van der Waals surface area contributed by atoms with E-state index in [-0.39, 0.29) is 0 Å². The van der Waals surface area contributed by atoms with Gasteiger partial charge in [0, 0.05) is 13.6 Å². The molecule has 1 heterocycles. The van der Waals surface area contributed by atoms with Gasteiger partial charge in [-0.2, -0.15) is 0 Å². The van der Waals surface area contributed by atoms with E-state index in [1.807, 2.05) is 11.9 Å². The van der Waals surface area contributed by atoms with E-state index >= 15 is 0 Å². The molecular weight excluding hydrogens is 298 g/mol. The fraction of sp³-hybridized carbons (Fsp3) is 0.583. The van der Waals surface area contributed by atoms with Crippen LogP contribution in [0.4, 0.5) is 0 Å². The Kier molecular flexibility index (Phi) is 4.45. The Balaban J connectivity index is 1.92. The van der Waals surface area contributed by atoms with Crippen molar-refractivity contribution in [3.63, 3.8) is 0 Å². The summed E-state index contributed by atoms with van der Waals surface area (Å²) in [4.78, 5) is 6.61. The number of rotatable bonds is 3. The van der Waals surface area contributed by atoms with E-state index in [2.05, 4.69) is 32.4 Å². The number of nitrogens with two attached hydrogens (primary N) is 1. The number of hydrogen-bond acceptors (Lipinski definition) is 2. The summed E-state index contributed by atoms with van der Waals surface area (Å²) in [6.07, 6.45) is 4.97. The third-order valence-electron chi connectivity index (χ3n) is 3.07. The molecule has 0 amide bonds. The lowest BCUT2D eigenvalue weighted by Gasteiger charge is -2.18. The van der Waals surface area contributed by atoms with Crippen LogP contribution in [0.1, 0.15) is 31.2 Å². The first kappa shape index (κ1) is 12.9. The maximum atomic E-state index is 6.02. The minimum Gasteiger partial charge on any atom is -0.370 e. The van der Waals surface area contributed by atoms with Crippen LogP contribution in [0.5, 0.6) is 0 Å². The first-order valence-corrected chi connectivity index (χ1v) is 7.60. The van der Waals surface area contributed by atoms with Crippen LogP contribution in [-0.4, -0.2) is 23.9 Å². The summed E-state index contributed by atoms with van der Waals surface area (Å²) in [6, 6.07) is 2.58. The van der Waals surface area contributed by atoms with Crippen molar-refractivity contribution >= 4 is 33.2 Å². The zero-order valence-corrected chi connectivity index (χ0v) is 12.4. The van der Waals surface area contributed by atoms with Crippen molar-refractivity contribution in [1.82, 2.24) is 4.90 Å². The molecule has 0 aliphatic heterocycles. The van der Waals surface area contributed by atoms with Crippen LogP contribution < -0.4 is 5.73 Å². The van der Waals surface area contributed by atoms with Gasteiger partial charge in [0.15, 0.2) is 5.96 Å². The second-order valence-electron chi connectivity index (χ2n) is 4.54. The fourth-order valence-corrected chi connectivity index (χ4v) is 3.30. The lowest BCUT2D eigenvalue weighted by molar-refractivity contribution is 0.487. The van der Waals surface area contributed by atoms with E-state index < -0.39 is 0 Å². The molecule has 2 rings (SSSR count). The van der Waals surface area contributed by atoms with E-state index in [1.54, 1.807) is 11.3 Å². The topological polar surface area (TPSA) is 41.6 Å². The van der Waals surface area contributed by atoms with Crippen LogP contribution in [0.25, 0.3) is 0 Å². The van der Waals surface area contributed by atoms with Crippen molar-refractivity contribution < 1.29 is 0 Å². The van der Waals surface area contributed by atoms with Crippen LogP contribution >= 0.6 is 27.3 Å². The highest BCUT2D eigenvalue weighted by atomic mass is 79.9. The highest BCUT2D eigenvalue weighted by molar-refractivity contribution is 9.11. The third kappa shape index (κ3) is 3.71. The molecule has 5 heteroatoms. The molecular formula is C12H18BrN3S. The standard InChI is InChI=1S/C12H18BrN3S/c1-16(7-9-6-11(13)17-8-9)12(14)15-10-4-2-3-5-10/h6,8,10H,2-5,7H2,1H3,(H2,14,15). The van der Waals surface area contributed by atoms with E-state index in [4.69, 9.17) is 5.73 Å². The van der Waals surface area contributed by atoms with Gasteiger partial charge in [0.05, 0.1) is 9.83 Å². The van der Waals surface area contributed by atoms with Gasteiger partial charge in [0.25, 0.3) is 0 Å². The van der Waals surface area contributed by atoms with E-state index in [0.717, 1.165) is 10.3 Å². The van der Waals surface area contributed by atoms with E-state index in [9.17, 15) is 0 Å². The Morgan fingerprint density at radius 1 is 1.59 bits per heavy atom. The SMILES string of the molecule is CN(Cc1csc(Br)c1)C(N)=NC1CCCC1. The molecule has 2 N–H and O–H groups in total. The van der Waals surface area contributed by atoms with Crippen LogP contribution in [0.2, 0.25) is 0 Å². The van der Waals surface area contributed by atoms with Crippen LogP contribution in [0.15, 0.2) is 20.2 Å². The third-order valence-corrected chi connectivity index (χ3v) is 4.63. The molecule has 0 aromatic carbocycles. The zero-order chi connectivity index (χ0) is 12.3. The summed E-state index contributed by atoms with van der Waals surface area (Å²) in [5.74, 6) is 0.666. The molecule has 3 nitrogen and oxygen atoms in total. The van der Waals surface area contributed by atoms with Crippen molar-refractivity contribution in [3.8, 4) is 0 Å². The summed E-state index contributed by atoms with van der Waals surface area (Å²) >= 11 is 5.17. The molecule has 0 radical (unpaired) electrons. The molecule has 0 spiro atoms. The summed E-state index contributed by atoms with van der Waals surface area (Å²) in [5, 5.41) is 2.14. The molecule has 1 aliphatic rings. The molecule has 0 unspecified atom stereocenters. The lowest BCUT2D eigenvalue weighted by atomic mass is 10.3. The number of halogens is 1. The van der Waals surface area contributed by atoms with E-state index in [0.29, 0.717) is 12.0 Å². The molecule has 94 valence electrons. The smallest absolute Gasteiger partial charge is 0.191 e. The Morgan fingerprint density at radius 2 is 2.29 bits per heavy atom. The number of guanidine groups is 1. The van der Waals surface area contributed by atoms with Gasteiger partial charge in [-0.25, -0.2) is 4.99 Å². The number of nitrogens with zero attached hydrogens (tertiary/aromatic N) is 2. The molecule has 1 fully saturated rings. The maximum absolute atomic E-state index is 6.02. The largest absolute Gasteiger partial charge is 0.370 e. The lowest BCUT2D eigenvalue weighted by Crippen LogP contribution is -2.34. The van der Waals surface area contributed by atoms with Crippen molar-refractivity contribution in [3.05, 3.63) is 20.8 Å². The number of hydrogen-bond donors (Lipinski definition) is 1. The molecule has 1 saturated carbocycles. The Labute approximate surface area is 115 Å². The van der Waals surface area contributed by atoms with Gasteiger partial charge in [-0.15, -0.1) is 11.3 Å². The highest BCUT2D eigenvalue weighted by Gasteiger charge is 2.15. The molecule has 0 bridgehead atoms. The Morgan fingerprint density at radius 3 is 2.88 bits per heavy atom. The van der Waals surface area contributed by atoms with Crippen molar-refractivity contribution in [2.24, 2.45) is 10.7 Å². The van der Waals surface area contributed by atoms with Gasteiger partial charge < -0.3 is 10.6 Å². The van der Waals surface area contributed by atoms with Crippen LogP contribution in [-0.2, 0) is 6.54 Å². The second kappa shape index (κ2) is 5.87. The molecule has 0 atom stereocenters. The summed E-state index contributed by atoms with van der Waals surface area (Å²) in [6.45, 7) is 0.824. The first-order valence-electron chi connectivity index (χ1n) is 5.92. The summed E-state index contributed by atoms with van der Waals surface area (Å²) in [7, 11) is 2.00. The molecule has 1 aromatic rings. The van der Waals surface area contributed by atoms with Gasteiger partial charge in [-0.1, -0.05) is 12.8 Å². The monoisotopic (exact) mass is 315 g/mol. The second-order valence-corrected chi connectivity index (χ2v) is 6.83. The van der Waals surface area contributed by atoms with Gasteiger partial charge in [-0.3, -0.25) is 0 Å². The van der Waals surface area contributed by atoms with Crippen molar-refractivity contribution in [2.75, 3.05) is 7.05 Å². The minimum absolute atomic E-state index is 0.451. The Hall–Kier alpha value is -0.550. The number of aliphatic imine (C=N–C) groups is 1. The first-order chi connectivity index (χ1) is 8.15. The quantitative estimate of drug-likeness (QED) is 0.687. The molecule has 1 aliphatic carbocycles. The normalized spacial score (nSPS) is 17.6. The summed E-state index contributed by atoms with van der Waals surface area (Å²) in [5.41, 5.74) is 7.29. The molecule has 0 saturated heterocycles. The van der Waals surface area contributed by atoms with Gasteiger partial charge in [0.2, 0.25) is 0 Å². The zero-order valence-electron chi connectivity index (χ0n) is 10.0. The van der Waals surface area contributed by atoms with Gasteiger partial charge in [-0.05, 0) is 45.8 Å². The minimum atomic E-state index is 0.451. The molecule has 17 heavy (non-hydrogen) atoms. The predicted octanol–water partition coefficient (Wildman–Crippen LogP) is 3.20. The maximum Gasteiger partial charge on any atom is 0.191 e. The fourth-order valence-electron chi connectivity index (χ4n) is 2.10. The van der Waals surface area contributed by atoms with E-state index in [1.165, 1.54) is 31.2 Å². The van der Waals surface area contributed by atoms with Crippen LogP contribution in [0.3, 0.4) is 0 Å². The molecule has 1 aromatic heterocycles. The Bertz CT molecular complexity index is 396. The van der Waals surface area contributed by atoms with Crippen LogP contribution in [0, 0.1) is 0 Å². The number of thiophene rings is 1.